The summed E-state index contributed by atoms with van der Waals surface area (Å²) in [5.74, 6) is -0.363. The van der Waals surface area contributed by atoms with Gasteiger partial charge in [0.25, 0.3) is 0 Å². The Hall–Kier alpha value is -2.62. The first-order valence-electron chi connectivity index (χ1n) is 6.10. The summed E-state index contributed by atoms with van der Waals surface area (Å²) in [7, 11) is 0. The highest BCUT2D eigenvalue weighted by Gasteiger charge is 2.13. The van der Waals surface area contributed by atoms with Crippen LogP contribution in [0.3, 0.4) is 0 Å². The summed E-state index contributed by atoms with van der Waals surface area (Å²) >= 11 is 0. The maximum absolute atomic E-state index is 12.2. The van der Waals surface area contributed by atoms with Gasteiger partial charge >= 0.3 is 5.97 Å². The number of hydrogen-bond donors (Lipinski definition) is 1. The van der Waals surface area contributed by atoms with Gasteiger partial charge in [0.15, 0.2) is 5.78 Å². The van der Waals surface area contributed by atoms with E-state index in [0.717, 1.165) is 5.56 Å². The molecule has 0 radical (unpaired) electrons. The second kappa shape index (κ2) is 5.57. The zero-order valence-electron chi connectivity index (χ0n) is 11.2. The summed E-state index contributed by atoms with van der Waals surface area (Å²) in [5, 5.41) is 9.81. The monoisotopic (exact) mass is 270 g/mol. The molecule has 20 heavy (non-hydrogen) atoms. The SMILES string of the molecule is CC(=O)Oc1ccc(C(=O)c2ccc(C)cc2O)cc1. The Kier molecular flexibility index (Phi) is 3.84. The molecule has 0 aliphatic rings. The smallest absolute Gasteiger partial charge is 0.308 e. The quantitative estimate of drug-likeness (QED) is 0.529. The molecule has 0 saturated heterocycles. The molecule has 2 rings (SSSR count). The minimum absolute atomic E-state index is 0.0425. The van der Waals surface area contributed by atoms with Gasteiger partial charge in [-0.1, -0.05) is 6.07 Å². The van der Waals surface area contributed by atoms with Crippen molar-refractivity contribution in [3.05, 3.63) is 59.2 Å². The molecule has 0 aliphatic carbocycles. The number of ketones is 1. The lowest BCUT2D eigenvalue weighted by atomic mass is 10.0. The van der Waals surface area contributed by atoms with Crippen LogP contribution in [-0.2, 0) is 4.79 Å². The third-order valence-electron chi connectivity index (χ3n) is 2.78. The molecule has 0 unspecified atom stereocenters. The lowest BCUT2D eigenvalue weighted by molar-refractivity contribution is -0.131. The molecule has 4 heteroatoms. The van der Waals surface area contributed by atoms with E-state index >= 15 is 0 Å². The van der Waals surface area contributed by atoms with Gasteiger partial charge in [-0.25, -0.2) is 0 Å². The number of hydrogen-bond acceptors (Lipinski definition) is 4. The van der Waals surface area contributed by atoms with Gasteiger partial charge in [-0.2, -0.15) is 0 Å². The molecule has 0 aliphatic heterocycles. The number of aryl methyl sites for hydroxylation is 1. The summed E-state index contributed by atoms with van der Waals surface area (Å²) < 4.78 is 4.89. The highest BCUT2D eigenvalue weighted by molar-refractivity contribution is 6.10. The standard InChI is InChI=1S/C16H14O4/c1-10-3-8-14(15(18)9-10)16(19)12-4-6-13(7-5-12)20-11(2)17/h3-9,18H,1-2H3. The third kappa shape index (κ3) is 3.03. The molecule has 2 aromatic carbocycles. The maximum atomic E-state index is 12.2. The van der Waals surface area contributed by atoms with E-state index in [4.69, 9.17) is 4.74 Å². The number of phenols is 1. The number of benzene rings is 2. The van der Waals surface area contributed by atoms with Crippen molar-refractivity contribution in [2.24, 2.45) is 0 Å². The van der Waals surface area contributed by atoms with Gasteiger partial charge < -0.3 is 9.84 Å². The molecule has 0 atom stereocenters. The molecule has 0 aromatic heterocycles. The van der Waals surface area contributed by atoms with Crippen LogP contribution in [0, 0.1) is 6.92 Å². The van der Waals surface area contributed by atoms with Crippen molar-refractivity contribution in [1.29, 1.82) is 0 Å². The minimum atomic E-state index is -0.416. The van der Waals surface area contributed by atoms with Crippen molar-refractivity contribution in [2.75, 3.05) is 0 Å². The number of esters is 1. The number of carbonyl (C=O) groups excluding carboxylic acids is 2. The summed E-state index contributed by atoms with van der Waals surface area (Å²) in [4.78, 5) is 23.1. The fraction of sp³-hybridized carbons (Fsp3) is 0.125. The zero-order chi connectivity index (χ0) is 14.7. The molecule has 0 heterocycles. The molecule has 1 N–H and O–H groups in total. The molecule has 0 fully saturated rings. The predicted octanol–water partition coefficient (Wildman–Crippen LogP) is 2.86. The highest BCUT2D eigenvalue weighted by Crippen LogP contribution is 2.23. The fourth-order valence-electron chi connectivity index (χ4n) is 1.83. The molecule has 0 spiro atoms. The van der Waals surface area contributed by atoms with Gasteiger partial charge in [0, 0.05) is 12.5 Å². The summed E-state index contributed by atoms with van der Waals surface area (Å²) in [5.41, 5.74) is 1.54. The number of ether oxygens (including phenoxy) is 1. The van der Waals surface area contributed by atoms with Crippen LogP contribution < -0.4 is 4.74 Å². The van der Waals surface area contributed by atoms with Crippen LogP contribution in [0.4, 0.5) is 0 Å². The molecule has 102 valence electrons. The van der Waals surface area contributed by atoms with Crippen LogP contribution in [0.25, 0.3) is 0 Å². The average Bonchev–Trinajstić information content (AvgIpc) is 2.38. The first kappa shape index (κ1) is 13.8. The van der Waals surface area contributed by atoms with Crippen LogP contribution in [0.1, 0.15) is 28.4 Å². The van der Waals surface area contributed by atoms with Crippen molar-refractivity contribution >= 4 is 11.8 Å². The Balaban J connectivity index is 2.27. The molecule has 4 nitrogen and oxygen atoms in total. The van der Waals surface area contributed by atoms with Gasteiger partial charge in [0.2, 0.25) is 0 Å². The second-order valence-electron chi connectivity index (χ2n) is 4.47. The van der Waals surface area contributed by atoms with Gasteiger partial charge in [-0.3, -0.25) is 9.59 Å². The van der Waals surface area contributed by atoms with E-state index in [0.29, 0.717) is 11.3 Å². The number of phenolic OH excluding ortho intramolecular Hbond substituents is 1. The third-order valence-corrected chi connectivity index (χ3v) is 2.78. The van der Waals surface area contributed by atoms with Crippen LogP contribution in [0.2, 0.25) is 0 Å². The summed E-state index contributed by atoms with van der Waals surface area (Å²) in [6.45, 7) is 3.14. The average molecular weight is 270 g/mol. The molecule has 0 bridgehead atoms. The normalized spacial score (nSPS) is 10.1. The van der Waals surface area contributed by atoms with Crippen LogP contribution in [0.15, 0.2) is 42.5 Å². The van der Waals surface area contributed by atoms with Crippen molar-refractivity contribution in [3.8, 4) is 11.5 Å². The van der Waals surface area contributed by atoms with Gasteiger partial charge in [0.05, 0.1) is 5.56 Å². The summed E-state index contributed by atoms with van der Waals surface area (Å²) in [6, 6.07) is 11.1. The van der Waals surface area contributed by atoms with E-state index in [9.17, 15) is 14.7 Å². The van der Waals surface area contributed by atoms with E-state index < -0.39 is 5.97 Å². The lowest BCUT2D eigenvalue weighted by Gasteiger charge is -2.06. The first-order chi connectivity index (χ1) is 9.47. The molecule has 0 saturated carbocycles. The predicted molar refractivity (Wildman–Crippen MR) is 74.0 cm³/mol. The Labute approximate surface area is 116 Å². The highest BCUT2D eigenvalue weighted by atomic mass is 16.5. The second-order valence-corrected chi connectivity index (χ2v) is 4.47. The van der Waals surface area contributed by atoms with Crippen molar-refractivity contribution in [3.63, 3.8) is 0 Å². The van der Waals surface area contributed by atoms with Gasteiger partial charge in [0.1, 0.15) is 11.5 Å². The van der Waals surface area contributed by atoms with E-state index in [1.165, 1.54) is 6.92 Å². The topological polar surface area (TPSA) is 63.6 Å². The fourth-order valence-corrected chi connectivity index (χ4v) is 1.83. The molecular weight excluding hydrogens is 256 g/mol. The number of aromatic hydroxyl groups is 1. The maximum Gasteiger partial charge on any atom is 0.308 e. The minimum Gasteiger partial charge on any atom is -0.507 e. The number of carbonyl (C=O) groups is 2. The van der Waals surface area contributed by atoms with Crippen molar-refractivity contribution in [1.82, 2.24) is 0 Å². The molecule has 0 amide bonds. The zero-order valence-corrected chi connectivity index (χ0v) is 11.2. The van der Waals surface area contributed by atoms with Crippen LogP contribution in [-0.4, -0.2) is 16.9 Å². The Morgan fingerprint density at radius 1 is 1.05 bits per heavy atom. The van der Waals surface area contributed by atoms with E-state index in [2.05, 4.69) is 0 Å². The van der Waals surface area contributed by atoms with Crippen LogP contribution >= 0.6 is 0 Å². The summed E-state index contributed by atoms with van der Waals surface area (Å²) in [6.07, 6.45) is 0. The number of rotatable bonds is 3. The van der Waals surface area contributed by atoms with Crippen molar-refractivity contribution < 1.29 is 19.4 Å². The Morgan fingerprint density at radius 3 is 2.25 bits per heavy atom. The largest absolute Gasteiger partial charge is 0.507 e. The lowest BCUT2D eigenvalue weighted by Crippen LogP contribution is -2.04. The van der Waals surface area contributed by atoms with E-state index in [1.807, 2.05) is 6.92 Å². The molecular formula is C16H14O4. The van der Waals surface area contributed by atoms with Crippen LogP contribution in [0.5, 0.6) is 11.5 Å². The van der Waals surface area contributed by atoms with Gasteiger partial charge in [-0.05, 0) is 48.9 Å². The van der Waals surface area contributed by atoms with E-state index in [-0.39, 0.29) is 17.1 Å². The van der Waals surface area contributed by atoms with Gasteiger partial charge in [-0.15, -0.1) is 0 Å². The Morgan fingerprint density at radius 2 is 1.70 bits per heavy atom. The van der Waals surface area contributed by atoms with E-state index in [1.54, 1.807) is 42.5 Å². The Bertz CT molecular complexity index is 657. The van der Waals surface area contributed by atoms with Crippen molar-refractivity contribution in [2.45, 2.75) is 13.8 Å². The molecule has 2 aromatic rings. The first-order valence-corrected chi connectivity index (χ1v) is 6.10.